The van der Waals surface area contributed by atoms with E-state index >= 15 is 0 Å². The van der Waals surface area contributed by atoms with Crippen molar-refractivity contribution in [3.8, 4) is 17.0 Å². The second kappa shape index (κ2) is 6.14. The van der Waals surface area contributed by atoms with E-state index in [4.69, 9.17) is 9.72 Å². The zero-order valence-electron chi connectivity index (χ0n) is 14.6. The molecule has 0 radical (unpaired) electrons. The van der Waals surface area contributed by atoms with Gasteiger partial charge in [0.15, 0.2) is 5.65 Å². The van der Waals surface area contributed by atoms with E-state index in [-0.39, 0.29) is 0 Å². The molecular formula is C20H16N6O. The van der Waals surface area contributed by atoms with E-state index in [2.05, 4.69) is 15.3 Å². The van der Waals surface area contributed by atoms with Crippen molar-refractivity contribution in [1.82, 2.24) is 23.8 Å². The molecule has 5 aromatic rings. The van der Waals surface area contributed by atoms with Crippen molar-refractivity contribution in [2.75, 3.05) is 12.4 Å². The third-order valence-corrected chi connectivity index (χ3v) is 4.45. The smallest absolute Gasteiger partial charge is 0.157 e. The van der Waals surface area contributed by atoms with Gasteiger partial charge in [0.1, 0.15) is 22.9 Å². The fourth-order valence-corrected chi connectivity index (χ4v) is 3.10. The number of methoxy groups -OCH3 is 1. The van der Waals surface area contributed by atoms with Crippen molar-refractivity contribution in [2.45, 2.75) is 0 Å². The summed E-state index contributed by atoms with van der Waals surface area (Å²) in [5.74, 6) is 1.69. The second-order valence-electron chi connectivity index (χ2n) is 6.08. The van der Waals surface area contributed by atoms with Crippen molar-refractivity contribution in [3.05, 3.63) is 73.6 Å². The summed E-state index contributed by atoms with van der Waals surface area (Å²) in [5, 5.41) is 3.48. The summed E-state index contributed by atoms with van der Waals surface area (Å²) in [6.45, 7) is 0. The lowest BCUT2D eigenvalue weighted by molar-refractivity contribution is 0.415. The number of pyridine rings is 1. The Morgan fingerprint density at radius 1 is 0.963 bits per heavy atom. The highest BCUT2D eigenvalue weighted by atomic mass is 16.5. The van der Waals surface area contributed by atoms with E-state index in [0.717, 1.165) is 39.8 Å². The lowest BCUT2D eigenvalue weighted by Gasteiger charge is -2.10. The molecule has 4 aromatic heterocycles. The Labute approximate surface area is 154 Å². The molecule has 0 spiro atoms. The number of anilines is 2. The summed E-state index contributed by atoms with van der Waals surface area (Å²) < 4.78 is 9.21. The van der Waals surface area contributed by atoms with Crippen LogP contribution in [0, 0.1) is 0 Å². The summed E-state index contributed by atoms with van der Waals surface area (Å²) in [4.78, 5) is 13.3. The molecule has 27 heavy (non-hydrogen) atoms. The first-order valence-electron chi connectivity index (χ1n) is 8.48. The van der Waals surface area contributed by atoms with Crippen LogP contribution < -0.4 is 10.1 Å². The van der Waals surface area contributed by atoms with Crippen LogP contribution in [0.2, 0.25) is 0 Å². The first kappa shape index (κ1) is 15.4. The maximum absolute atomic E-state index is 5.24. The Morgan fingerprint density at radius 3 is 2.70 bits per heavy atom. The molecule has 132 valence electrons. The van der Waals surface area contributed by atoms with Crippen LogP contribution in [-0.4, -0.2) is 30.9 Å². The fourth-order valence-electron chi connectivity index (χ4n) is 3.10. The van der Waals surface area contributed by atoms with Gasteiger partial charge < -0.3 is 14.5 Å². The first-order chi connectivity index (χ1) is 13.3. The minimum Gasteiger partial charge on any atom is -0.497 e. The van der Waals surface area contributed by atoms with E-state index in [0.29, 0.717) is 0 Å². The number of aromatic nitrogens is 5. The number of imidazole rings is 2. The number of nitrogens with one attached hydrogen (secondary N) is 1. The molecule has 4 heterocycles. The molecule has 1 aromatic carbocycles. The predicted molar refractivity (Wildman–Crippen MR) is 103 cm³/mol. The number of nitrogens with zero attached hydrogens (tertiary/aromatic N) is 5. The number of ether oxygens (including phenoxy) is 1. The summed E-state index contributed by atoms with van der Waals surface area (Å²) in [6.07, 6.45) is 11.1. The van der Waals surface area contributed by atoms with Crippen molar-refractivity contribution < 1.29 is 4.74 Å². The summed E-state index contributed by atoms with van der Waals surface area (Å²) >= 11 is 0. The van der Waals surface area contributed by atoms with Gasteiger partial charge in [-0.1, -0.05) is 0 Å². The summed E-state index contributed by atoms with van der Waals surface area (Å²) in [5.41, 5.74) is 4.44. The number of hydrogen-bond acceptors (Lipinski definition) is 5. The van der Waals surface area contributed by atoms with Gasteiger partial charge in [0.25, 0.3) is 0 Å². The van der Waals surface area contributed by atoms with Crippen LogP contribution >= 0.6 is 0 Å². The van der Waals surface area contributed by atoms with E-state index in [1.165, 1.54) is 0 Å². The molecule has 0 unspecified atom stereocenters. The quantitative estimate of drug-likeness (QED) is 0.530. The topological polar surface area (TPSA) is 68.8 Å². The van der Waals surface area contributed by atoms with Crippen LogP contribution in [0.3, 0.4) is 0 Å². The summed E-state index contributed by atoms with van der Waals surface area (Å²) in [6, 6.07) is 11.8. The Hall–Kier alpha value is -3.87. The maximum Gasteiger partial charge on any atom is 0.157 e. The Morgan fingerprint density at radius 2 is 1.85 bits per heavy atom. The van der Waals surface area contributed by atoms with Crippen LogP contribution in [0.5, 0.6) is 5.75 Å². The highest BCUT2D eigenvalue weighted by Crippen LogP contribution is 2.31. The third-order valence-electron chi connectivity index (χ3n) is 4.45. The molecule has 0 aliphatic carbocycles. The van der Waals surface area contributed by atoms with Crippen LogP contribution in [0.25, 0.3) is 22.6 Å². The highest BCUT2D eigenvalue weighted by molar-refractivity contribution is 5.79. The zero-order valence-corrected chi connectivity index (χ0v) is 14.6. The average Bonchev–Trinajstić information content (AvgIpc) is 3.33. The van der Waals surface area contributed by atoms with Gasteiger partial charge in [-0.3, -0.25) is 9.38 Å². The number of hydrogen-bond donors (Lipinski definition) is 1. The molecule has 0 atom stereocenters. The van der Waals surface area contributed by atoms with Crippen LogP contribution in [0.4, 0.5) is 11.5 Å². The second-order valence-corrected chi connectivity index (χ2v) is 6.08. The number of rotatable bonds is 4. The van der Waals surface area contributed by atoms with Gasteiger partial charge in [0.05, 0.1) is 13.3 Å². The summed E-state index contributed by atoms with van der Waals surface area (Å²) in [7, 11) is 1.66. The van der Waals surface area contributed by atoms with Crippen molar-refractivity contribution in [1.29, 1.82) is 0 Å². The Kier molecular flexibility index (Phi) is 3.50. The highest BCUT2D eigenvalue weighted by Gasteiger charge is 2.15. The van der Waals surface area contributed by atoms with Gasteiger partial charge in [0.2, 0.25) is 0 Å². The molecule has 0 saturated carbocycles. The van der Waals surface area contributed by atoms with Crippen molar-refractivity contribution in [3.63, 3.8) is 0 Å². The molecule has 0 saturated heterocycles. The Balaban J connectivity index is 1.65. The van der Waals surface area contributed by atoms with Gasteiger partial charge in [-0.25, -0.2) is 9.97 Å². The van der Waals surface area contributed by atoms with E-state index in [1.54, 1.807) is 25.7 Å². The Bertz CT molecular complexity index is 1240. The lowest BCUT2D eigenvalue weighted by atomic mass is 10.2. The normalized spacial score (nSPS) is 11.1. The SMILES string of the molecule is COc1ccc(Nc2c(-c3ccc4nccn4c3)nc3cnccn23)cc1. The largest absolute Gasteiger partial charge is 0.497 e. The number of benzene rings is 1. The predicted octanol–water partition coefficient (Wildman–Crippen LogP) is 3.80. The fraction of sp³-hybridized carbons (Fsp3) is 0.0500. The molecular weight excluding hydrogens is 340 g/mol. The zero-order chi connectivity index (χ0) is 18.2. The molecule has 0 aliphatic heterocycles. The maximum atomic E-state index is 5.24. The van der Waals surface area contributed by atoms with Crippen molar-refractivity contribution in [2.24, 2.45) is 0 Å². The number of fused-ring (bicyclic) bond motifs is 2. The van der Waals surface area contributed by atoms with E-state index < -0.39 is 0 Å². The van der Waals surface area contributed by atoms with Crippen LogP contribution in [-0.2, 0) is 0 Å². The van der Waals surface area contributed by atoms with Gasteiger partial charge >= 0.3 is 0 Å². The van der Waals surface area contributed by atoms with E-state index in [9.17, 15) is 0 Å². The van der Waals surface area contributed by atoms with Crippen molar-refractivity contribution >= 4 is 22.8 Å². The van der Waals surface area contributed by atoms with Crippen LogP contribution in [0.1, 0.15) is 0 Å². The molecule has 0 bridgehead atoms. The molecule has 0 fully saturated rings. The molecule has 0 aliphatic rings. The molecule has 7 heteroatoms. The lowest BCUT2D eigenvalue weighted by Crippen LogP contribution is -1.97. The first-order valence-corrected chi connectivity index (χ1v) is 8.48. The minimum atomic E-state index is 0.772. The van der Waals surface area contributed by atoms with Crippen LogP contribution in [0.15, 0.2) is 73.6 Å². The average molecular weight is 356 g/mol. The van der Waals surface area contributed by atoms with E-state index in [1.807, 2.05) is 63.8 Å². The van der Waals surface area contributed by atoms with Gasteiger partial charge in [-0.15, -0.1) is 0 Å². The third kappa shape index (κ3) is 2.65. The van der Waals surface area contributed by atoms with Gasteiger partial charge in [-0.05, 0) is 36.4 Å². The minimum absolute atomic E-state index is 0.772. The standard InChI is InChI=1S/C20H16N6O/c1-27-16-5-3-15(4-6-16)23-20-19(24-18-12-21-8-11-26(18)20)14-2-7-17-22-9-10-25(17)13-14/h2-13,23H,1H3. The molecule has 0 amide bonds. The van der Waals surface area contributed by atoms with Gasteiger partial charge in [0, 0.05) is 42.2 Å². The molecule has 1 N–H and O–H groups in total. The monoisotopic (exact) mass is 356 g/mol. The van der Waals surface area contributed by atoms with Gasteiger partial charge in [-0.2, -0.15) is 0 Å². The molecule has 7 nitrogen and oxygen atoms in total. The molecule has 5 rings (SSSR count).